The monoisotopic (exact) mass is 305 g/mol. The standard InChI is InChI=1S/C9H15BrF3NO2/c10-4-2-1-3-8(16)14(5-6-15)7-9(11,12)13/h15H,1-7H2. The molecule has 7 heteroatoms. The van der Waals surface area contributed by atoms with Crippen LogP contribution in [0.1, 0.15) is 19.3 Å². The van der Waals surface area contributed by atoms with Crippen molar-refractivity contribution >= 4 is 21.8 Å². The van der Waals surface area contributed by atoms with Gasteiger partial charge in [-0.15, -0.1) is 0 Å². The summed E-state index contributed by atoms with van der Waals surface area (Å²) in [5, 5.41) is 9.31. The minimum absolute atomic E-state index is 0.0850. The highest BCUT2D eigenvalue weighted by molar-refractivity contribution is 9.09. The summed E-state index contributed by atoms with van der Waals surface area (Å²) >= 11 is 3.17. The zero-order valence-corrected chi connectivity index (χ0v) is 10.4. The zero-order chi connectivity index (χ0) is 12.6. The quantitative estimate of drug-likeness (QED) is 0.577. The van der Waals surface area contributed by atoms with Crippen molar-refractivity contribution in [2.24, 2.45) is 0 Å². The summed E-state index contributed by atoms with van der Waals surface area (Å²) in [6.45, 7) is -2.02. The van der Waals surface area contributed by atoms with Gasteiger partial charge in [0.15, 0.2) is 0 Å². The first-order valence-corrected chi connectivity index (χ1v) is 6.04. The Kier molecular flexibility index (Phi) is 7.74. The van der Waals surface area contributed by atoms with Gasteiger partial charge in [-0.1, -0.05) is 15.9 Å². The second kappa shape index (κ2) is 7.89. The Morgan fingerprint density at radius 1 is 1.31 bits per heavy atom. The fourth-order valence-corrected chi connectivity index (χ4v) is 1.55. The van der Waals surface area contributed by atoms with E-state index in [1.807, 2.05) is 0 Å². The van der Waals surface area contributed by atoms with Gasteiger partial charge in [-0.2, -0.15) is 13.2 Å². The predicted octanol–water partition coefficient (Wildman–Crippen LogP) is 1.93. The third kappa shape index (κ3) is 7.92. The molecule has 1 N–H and O–H groups in total. The predicted molar refractivity (Wildman–Crippen MR) is 57.4 cm³/mol. The minimum Gasteiger partial charge on any atom is -0.395 e. The first-order valence-electron chi connectivity index (χ1n) is 4.92. The fraction of sp³-hybridized carbons (Fsp3) is 0.889. The fourth-order valence-electron chi connectivity index (χ4n) is 1.16. The molecule has 0 aliphatic rings. The largest absolute Gasteiger partial charge is 0.406 e. The summed E-state index contributed by atoms with van der Waals surface area (Å²) in [5.74, 6) is -0.563. The average Bonchev–Trinajstić information content (AvgIpc) is 2.15. The number of carbonyl (C=O) groups excluding carboxylic acids is 1. The highest BCUT2D eigenvalue weighted by Crippen LogP contribution is 2.17. The van der Waals surface area contributed by atoms with Gasteiger partial charge < -0.3 is 10.0 Å². The molecular weight excluding hydrogens is 291 g/mol. The molecule has 16 heavy (non-hydrogen) atoms. The highest BCUT2D eigenvalue weighted by atomic mass is 79.9. The second-order valence-corrected chi connectivity index (χ2v) is 4.09. The van der Waals surface area contributed by atoms with E-state index in [9.17, 15) is 18.0 Å². The lowest BCUT2D eigenvalue weighted by Crippen LogP contribution is -2.40. The molecule has 0 rings (SSSR count). The van der Waals surface area contributed by atoms with E-state index in [1.54, 1.807) is 0 Å². The lowest BCUT2D eigenvalue weighted by atomic mass is 10.2. The van der Waals surface area contributed by atoms with E-state index < -0.39 is 25.2 Å². The molecule has 0 heterocycles. The first kappa shape index (κ1) is 15.7. The zero-order valence-electron chi connectivity index (χ0n) is 8.76. The first-order chi connectivity index (χ1) is 7.40. The molecule has 0 aromatic heterocycles. The molecule has 0 aliphatic heterocycles. The van der Waals surface area contributed by atoms with Crippen LogP contribution in [0.4, 0.5) is 13.2 Å². The van der Waals surface area contributed by atoms with Crippen LogP contribution in [0.5, 0.6) is 0 Å². The summed E-state index contributed by atoms with van der Waals surface area (Å²) in [6, 6.07) is 0. The molecule has 0 aromatic carbocycles. The Morgan fingerprint density at radius 3 is 2.38 bits per heavy atom. The van der Waals surface area contributed by atoms with E-state index in [1.165, 1.54) is 0 Å². The van der Waals surface area contributed by atoms with E-state index in [0.29, 0.717) is 11.3 Å². The summed E-state index contributed by atoms with van der Waals surface area (Å²) < 4.78 is 36.3. The van der Waals surface area contributed by atoms with Crippen molar-refractivity contribution < 1.29 is 23.1 Å². The number of aliphatic hydroxyl groups excluding tert-OH is 1. The van der Waals surface area contributed by atoms with Crippen molar-refractivity contribution in [1.29, 1.82) is 0 Å². The van der Waals surface area contributed by atoms with Gasteiger partial charge in [0.05, 0.1) is 6.61 Å². The summed E-state index contributed by atoms with van der Waals surface area (Å²) in [7, 11) is 0. The molecule has 0 atom stereocenters. The second-order valence-electron chi connectivity index (χ2n) is 3.30. The van der Waals surface area contributed by atoms with Crippen LogP contribution in [0.2, 0.25) is 0 Å². The number of aliphatic hydroxyl groups is 1. The molecule has 0 spiro atoms. The van der Waals surface area contributed by atoms with E-state index in [0.717, 1.165) is 11.8 Å². The van der Waals surface area contributed by atoms with Gasteiger partial charge in [0.25, 0.3) is 0 Å². The van der Waals surface area contributed by atoms with Crippen molar-refractivity contribution in [1.82, 2.24) is 4.90 Å². The molecule has 96 valence electrons. The van der Waals surface area contributed by atoms with Gasteiger partial charge in [0, 0.05) is 18.3 Å². The van der Waals surface area contributed by atoms with Crippen LogP contribution < -0.4 is 0 Å². The van der Waals surface area contributed by atoms with Crippen LogP contribution in [0.15, 0.2) is 0 Å². The highest BCUT2D eigenvalue weighted by Gasteiger charge is 2.32. The molecule has 0 unspecified atom stereocenters. The Balaban J connectivity index is 4.13. The van der Waals surface area contributed by atoms with Crippen LogP contribution in [0, 0.1) is 0 Å². The van der Waals surface area contributed by atoms with Crippen LogP contribution in [-0.4, -0.2) is 47.1 Å². The Labute approximate surface area is 101 Å². The van der Waals surface area contributed by atoms with E-state index in [-0.39, 0.29) is 13.0 Å². The Hall–Kier alpha value is -0.300. The lowest BCUT2D eigenvalue weighted by Gasteiger charge is -2.23. The van der Waals surface area contributed by atoms with E-state index in [2.05, 4.69) is 15.9 Å². The molecule has 0 saturated heterocycles. The number of hydrogen-bond acceptors (Lipinski definition) is 2. The summed E-state index contributed by atoms with van der Waals surface area (Å²) in [4.78, 5) is 12.0. The average molecular weight is 306 g/mol. The molecule has 0 fully saturated rings. The maximum atomic E-state index is 12.1. The molecule has 3 nitrogen and oxygen atoms in total. The SMILES string of the molecule is O=C(CCCCBr)N(CCO)CC(F)(F)F. The van der Waals surface area contributed by atoms with Crippen molar-refractivity contribution in [2.75, 3.05) is 25.0 Å². The number of alkyl halides is 4. The third-order valence-corrected chi connectivity index (χ3v) is 2.43. The topological polar surface area (TPSA) is 40.5 Å². The number of halogens is 4. The van der Waals surface area contributed by atoms with Crippen molar-refractivity contribution in [2.45, 2.75) is 25.4 Å². The van der Waals surface area contributed by atoms with Gasteiger partial charge in [0.2, 0.25) is 5.91 Å². The lowest BCUT2D eigenvalue weighted by molar-refractivity contribution is -0.162. The molecular formula is C9H15BrF3NO2. The van der Waals surface area contributed by atoms with Gasteiger partial charge in [-0.3, -0.25) is 4.79 Å². The number of unbranched alkanes of at least 4 members (excludes halogenated alkanes) is 1. The van der Waals surface area contributed by atoms with Crippen molar-refractivity contribution in [3.8, 4) is 0 Å². The van der Waals surface area contributed by atoms with E-state index in [4.69, 9.17) is 5.11 Å². The maximum Gasteiger partial charge on any atom is 0.406 e. The van der Waals surface area contributed by atoms with Crippen LogP contribution >= 0.6 is 15.9 Å². The molecule has 0 bridgehead atoms. The van der Waals surface area contributed by atoms with E-state index >= 15 is 0 Å². The van der Waals surface area contributed by atoms with Gasteiger partial charge in [-0.05, 0) is 12.8 Å². The summed E-state index contributed by atoms with van der Waals surface area (Å²) in [5.41, 5.74) is 0. The number of hydrogen-bond donors (Lipinski definition) is 1. The Bertz CT molecular complexity index is 211. The maximum absolute atomic E-state index is 12.1. The minimum atomic E-state index is -4.42. The van der Waals surface area contributed by atoms with Crippen LogP contribution in [0.3, 0.4) is 0 Å². The molecule has 1 amide bonds. The third-order valence-electron chi connectivity index (χ3n) is 1.87. The smallest absolute Gasteiger partial charge is 0.395 e. The van der Waals surface area contributed by atoms with Gasteiger partial charge >= 0.3 is 6.18 Å². The number of amides is 1. The van der Waals surface area contributed by atoms with Crippen molar-refractivity contribution in [3.63, 3.8) is 0 Å². The number of nitrogens with zero attached hydrogens (tertiary/aromatic N) is 1. The number of carbonyl (C=O) groups is 1. The summed E-state index contributed by atoms with van der Waals surface area (Å²) in [6.07, 6.45) is -3.05. The van der Waals surface area contributed by atoms with Crippen LogP contribution in [0.25, 0.3) is 0 Å². The van der Waals surface area contributed by atoms with Gasteiger partial charge in [-0.25, -0.2) is 0 Å². The normalized spacial score (nSPS) is 11.6. The molecule has 0 radical (unpaired) electrons. The molecule has 0 aromatic rings. The molecule has 0 aliphatic carbocycles. The van der Waals surface area contributed by atoms with Gasteiger partial charge in [0.1, 0.15) is 6.54 Å². The Morgan fingerprint density at radius 2 is 1.94 bits per heavy atom. The van der Waals surface area contributed by atoms with Crippen LogP contribution in [-0.2, 0) is 4.79 Å². The number of rotatable bonds is 7. The van der Waals surface area contributed by atoms with Crippen molar-refractivity contribution in [3.05, 3.63) is 0 Å². The molecule has 0 saturated carbocycles.